The number of amides is 3. The van der Waals surface area contributed by atoms with Gasteiger partial charge >= 0.3 is 5.97 Å². The molecule has 19 heteroatoms. The molecule has 1 aliphatic rings. The molecule has 6 atom stereocenters. The fourth-order valence-corrected chi connectivity index (χ4v) is 4.55. The lowest BCUT2D eigenvalue weighted by molar-refractivity contribution is -0.311. The molecule has 0 aliphatic carbocycles. The lowest BCUT2D eigenvalue weighted by Gasteiger charge is -2.46. The van der Waals surface area contributed by atoms with Gasteiger partial charge in [-0.05, 0) is 18.9 Å². The fraction of sp³-hybridized carbons (Fsp3) is 0.806. The van der Waals surface area contributed by atoms with E-state index in [0.717, 1.165) is 6.92 Å². The van der Waals surface area contributed by atoms with Crippen molar-refractivity contribution in [1.29, 1.82) is 0 Å². The normalized spacial score (nSPS) is 21.6. The number of ether oxygens (including phenoxy) is 7. The van der Waals surface area contributed by atoms with Crippen LogP contribution in [0.2, 0.25) is 0 Å². The fourth-order valence-electron chi connectivity index (χ4n) is 4.55. The minimum atomic E-state index is -2.41. The number of aliphatic hydroxyl groups excluding tert-OH is 4. The van der Waals surface area contributed by atoms with E-state index >= 15 is 0 Å². The van der Waals surface area contributed by atoms with E-state index in [-0.39, 0.29) is 44.4 Å². The van der Waals surface area contributed by atoms with Crippen molar-refractivity contribution in [1.82, 2.24) is 16.0 Å². The van der Waals surface area contributed by atoms with E-state index in [2.05, 4.69) is 22.5 Å². The lowest BCUT2D eigenvalue weighted by atomic mass is 9.88. The Balaban J connectivity index is 2.11. The summed E-state index contributed by atoms with van der Waals surface area (Å²) < 4.78 is 38.0. The maximum atomic E-state index is 12.1. The van der Waals surface area contributed by atoms with Gasteiger partial charge in [0.1, 0.15) is 18.3 Å². The quantitative estimate of drug-likeness (QED) is 0.0268. The highest BCUT2D eigenvalue weighted by Gasteiger charge is 2.55. The number of unbranched alkanes of at least 4 members (excludes halogenated alkanes) is 1. The minimum Gasteiger partial charge on any atom is -0.477 e. The number of hydrogen-bond donors (Lipinski definition) is 8. The average Bonchev–Trinajstić information content (AvgIpc) is 3.08. The first-order valence-corrected chi connectivity index (χ1v) is 16.5. The highest BCUT2D eigenvalue weighted by Crippen LogP contribution is 2.33. The van der Waals surface area contributed by atoms with E-state index in [1.54, 1.807) is 0 Å². The zero-order valence-corrected chi connectivity index (χ0v) is 28.6. The zero-order chi connectivity index (χ0) is 37.2. The molecule has 0 aromatic carbocycles. The third kappa shape index (κ3) is 19.0. The molecule has 3 amide bonds. The van der Waals surface area contributed by atoms with E-state index in [4.69, 9.17) is 33.2 Å². The first-order valence-electron chi connectivity index (χ1n) is 16.5. The topological polar surface area (TPSA) is 270 Å². The molecule has 19 nitrogen and oxygen atoms in total. The van der Waals surface area contributed by atoms with Gasteiger partial charge in [0, 0.05) is 32.9 Å². The molecule has 1 rings (SSSR count). The molecule has 0 saturated carbocycles. The van der Waals surface area contributed by atoms with Crippen LogP contribution in [0.5, 0.6) is 0 Å². The Morgan fingerprint density at radius 2 is 1.38 bits per heavy atom. The minimum absolute atomic E-state index is 0.126. The smallest absolute Gasteiger partial charge is 0.364 e. The number of nitrogens with one attached hydrogen (secondary N) is 3. The van der Waals surface area contributed by atoms with Gasteiger partial charge in [-0.25, -0.2) is 4.79 Å². The van der Waals surface area contributed by atoms with Crippen LogP contribution >= 0.6 is 0 Å². The van der Waals surface area contributed by atoms with Crippen LogP contribution in [-0.2, 0) is 52.3 Å². The summed E-state index contributed by atoms with van der Waals surface area (Å²) in [6, 6.07) is -1.29. The molecule has 0 bridgehead atoms. The van der Waals surface area contributed by atoms with Crippen molar-refractivity contribution < 1.29 is 77.9 Å². The summed E-state index contributed by atoms with van der Waals surface area (Å²) in [5.74, 6) is -5.10. The molecule has 290 valence electrons. The van der Waals surface area contributed by atoms with Gasteiger partial charge in [0.05, 0.1) is 91.4 Å². The Bertz CT molecular complexity index is 992. The summed E-state index contributed by atoms with van der Waals surface area (Å²) in [4.78, 5) is 46.8. The second kappa shape index (κ2) is 26.9. The highest BCUT2D eigenvalue weighted by atomic mass is 16.7. The summed E-state index contributed by atoms with van der Waals surface area (Å²) in [5, 5.41) is 57.7. The Morgan fingerprint density at radius 3 is 1.86 bits per heavy atom. The molecule has 1 aliphatic heterocycles. The van der Waals surface area contributed by atoms with Gasteiger partial charge in [0.25, 0.3) is 5.79 Å². The summed E-state index contributed by atoms with van der Waals surface area (Å²) >= 11 is 0. The summed E-state index contributed by atoms with van der Waals surface area (Å²) in [6.45, 7) is 7.91. The van der Waals surface area contributed by atoms with Crippen LogP contribution < -0.4 is 16.0 Å². The van der Waals surface area contributed by atoms with Crippen LogP contribution in [0.3, 0.4) is 0 Å². The number of aliphatic hydroxyl groups is 4. The summed E-state index contributed by atoms with van der Waals surface area (Å²) in [6.07, 6.45) is -5.45. The molecule has 8 N–H and O–H groups in total. The van der Waals surface area contributed by atoms with Gasteiger partial charge in [0.15, 0.2) is 0 Å². The van der Waals surface area contributed by atoms with Crippen molar-refractivity contribution in [2.45, 2.75) is 68.9 Å². The van der Waals surface area contributed by atoms with Crippen LogP contribution in [0.1, 0.15) is 32.6 Å². The van der Waals surface area contributed by atoms with E-state index < -0.39 is 61.1 Å². The maximum Gasteiger partial charge on any atom is 0.364 e. The van der Waals surface area contributed by atoms with Crippen molar-refractivity contribution in [3.63, 3.8) is 0 Å². The molecule has 1 fully saturated rings. The van der Waals surface area contributed by atoms with Crippen LogP contribution in [0.4, 0.5) is 0 Å². The van der Waals surface area contributed by atoms with Gasteiger partial charge in [0.2, 0.25) is 17.7 Å². The first-order chi connectivity index (χ1) is 24.0. The Labute approximate surface area is 291 Å². The number of aliphatic carboxylic acids is 1. The lowest BCUT2D eigenvalue weighted by Crippen LogP contribution is -2.67. The van der Waals surface area contributed by atoms with Crippen molar-refractivity contribution in [2.75, 3.05) is 92.4 Å². The average molecular weight is 726 g/mol. The van der Waals surface area contributed by atoms with Crippen LogP contribution in [0.25, 0.3) is 0 Å². The monoisotopic (exact) mass is 725 g/mol. The molecule has 50 heavy (non-hydrogen) atoms. The molecule has 1 heterocycles. The SMILES string of the molecule is C=CC(=O)NCCOCCOCCOCCOCCOCCNC(=O)CCCCO[C@]1(C(=O)O)C[C@H](O)[C@@H](NC(C)=O)[C@H]([C@H](O)[C@H](O)CO)O1. The summed E-state index contributed by atoms with van der Waals surface area (Å²) in [5.41, 5.74) is 0. The number of rotatable bonds is 30. The van der Waals surface area contributed by atoms with Gasteiger partial charge in [-0.1, -0.05) is 6.58 Å². The van der Waals surface area contributed by atoms with E-state index in [1.165, 1.54) is 6.08 Å². The molecule has 0 spiro atoms. The van der Waals surface area contributed by atoms with Gasteiger partial charge in [-0.3, -0.25) is 14.4 Å². The second-order valence-electron chi connectivity index (χ2n) is 11.1. The second-order valence-corrected chi connectivity index (χ2v) is 11.1. The standard InChI is InChI=1S/C31H55N3O16/c1-3-25(39)32-7-10-44-12-14-46-16-18-48-19-17-47-15-13-45-11-8-33-26(40)6-4-5-9-49-31(30(42)43)20-23(37)27(34-22(2)36)29(50-31)28(41)24(38)21-35/h3,23-24,27-29,35,37-38,41H,1,4-21H2,2H3,(H,32,39)(H,33,40)(H,34,36)(H,42,43)/t23-,24+,27+,28+,29+,31+/m0/s1. The largest absolute Gasteiger partial charge is 0.477 e. The zero-order valence-electron chi connectivity index (χ0n) is 28.6. The number of carbonyl (C=O) groups is 4. The Hall–Kier alpha value is -2.82. The predicted octanol–water partition coefficient (Wildman–Crippen LogP) is -3.18. The Morgan fingerprint density at radius 1 is 0.860 bits per heavy atom. The molecule has 0 aromatic heterocycles. The van der Waals surface area contributed by atoms with Gasteiger partial charge in [-0.15, -0.1) is 0 Å². The van der Waals surface area contributed by atoms with Crippen molar-refractivity contribution >= 4 is 23.7 Å². The molecular weight excluding hydrogens is 670 g/mol. The molecular formula is C31H55N3O16. The van der Waals surface area contributed by atoms with E-state index in [0.29, 0.717) is 72.4 Å². The Kier molecular flexibility index (Phi) is 24.3. The van der Waals surface area contributed by atoms with Crippen molar-refractivity contribution in [3.05, 3.63) is 12.7 Å². The molecule has 0 radical (unpaired) electrons. The number of carbonyl (C=O) groups excluding carboxylic acids is 3. The van der Waals surface area contributed by atoms with Gasteiger partial charge < -0.3 is 74.6 Å². The summed E-state index contributed by atoms with van der Waals surface area (Å²) in [7, 11) is 0. The molecule has 1 saturated heterocycles. The van der Waals surface area contributed by atoms with Crippen LogP contribution in [0.15, 0.2) is 12.7 Å². The maximum absolute atomic E-state index is 12.1. The first kappa shape index (κ1) is 45.2. The van der Waals surface area contributed by atoms with Crippen LogP contribution in [-0.4, -0.2) is 178 Å². The molecule has 0 unspecified atom stereocenters. The third-order valence-electron chi connectivity index (χ3n) is 7.11. The highest BCUT2D eigenvalue weighted by molar-refractivity contribution is 5.86. The molecule has 0 aromatic rings. The van der Waals surface area contributed by atoms with Crippen molar-refractivity contribution in [3.8, 4) is 0 Å². The van der Waals surface area contributed by atoms with Gasteiger partial charge in [-0.2, -0.15) is 0 Å². The van der Waals surface area contributed by atoms with E-state index in [1.807, 2.05) is 0 Å². The number of carboxylic acid groups (broad SMARTS) is 1. The number of carboxylic acids is 1. The van der Waals surface area contributed by atoms with E-state index in [9.17, 15) is 44.7 Å². The predicted molar refractivity (Wildman–Crippen MR) is 173 cm³/mol. The van der Waals surface area contributed by atoms with Crippen LogP contribution in [0, 0.1) is 0 Å². The third-order valence-corrected chi connectivity index (χ3v) is 7.11. The number of hydrogen-bond acceptors (Lipinski definition) is 15. The van der Waals surface area contributed by atoms with Crippen molar-refractivity contribution in [2.24, 2.45) is 0 Å².